The summed E-state index contributed by atoms with van der Waals surface area (Å²) in [5.74, 6) is 0. The molecular weight excluding hydrogens is 272 g/mol. The molecule has 1 aromatic heterocycles. The van der Waals surface area contributed by atoms with Gasteiger partial charge < -0.3 is 0 Å². The van der Waals surface area contributed by atoms with Crippen LogP contribution < -0.4 is 4.50 Å². The molecular formula is C11H13BrSSi. The third kappa shape index (κ3) is 1.95. The van der Waals surface area contributed by atoms with E-state index in [0.29, 0.717) is 0 Å². The lowest BCUT2D eigenvalue weighted by Gasteiger charge is -2.11. The first-order chi connectivity index (χ1) is 6.47. The van der Waals surface area contributed by atoms with Gasteiger partial charge in [-0.05, 0) is 28.1 Å². The van der Waals surface area contributed by atoms with Crippen LogP contribution in [0.5, 0.6) is 0 Å². The molecule has 0 unspecified atom stereocenters. The van der Waals surface area contributed by atoms with Crippen LogP contribution in [0.2, 0.25) is 19.6 Å². The second kappa shape index (κ2) is 3.47. The van der Waals surface area contributed by atoms with E-state index in [9.17, 15) is 0 Å². The lowest BCUT2D eigenvalue weighted by molar-refractivity contribution is 1.76. The van der Waals surface area contributed by atoms with Crippen molar-refractivity contribution in [1.82, 2.24) is 0 Å². The van der Waals surface area contributed by atoms with Crippen LogP contribution in [0.25, 0.3) is 10.1 Å². The van der Waals surface area contributed by atoms with Gasteiger partial charge in [-0.15, -0.1) is 11.3 Å². The van der Waals surface area contributed by atoms with Crippen molar-refractivity contribution in [3.63, 3.8) is 0 Å². The predicted molar refractivity (Wildman–Crippen MR) is 72.5 cm³/mol. The van der Waals surface area contributed by atoms with Crippen LogP contribution in [0.15, 0.2) is 28.7 Å². The SMILES string of the molecule is C[Si](C)(C)c1cc2ccc(Br)cc2s1. The standard InChI is InChI=1S/C11H13BrSSi/c1-14(2,3)11-6-8-4-5-9(12)7-10(8)13-11/h4-7H,1-3H3. The molecule has 1 aromatic carbocycles. The zero-order valence-electron chi connectivity index (χ0n) is 8.60. The van der Waals surface area contributed by atoms with Gasteiger partial charge in [0.1, 0.15) is 0 Å². The number of hydrogen-bond donors (Lipinski definition) is 0. The van der Waals surface area contributed by atoms with Crippen molar-refractivity contribution >= 4 is 49.9 Å². The summed E-state index contributed by atoms with van der Waals surface area (Å²) in [7, 11) is -1.13. The Labute approximate surface area is 98.1 Å². The molecule has 0 saturated carbocycles. The molecule has 3 heteroatoms. The number of halogens is 1. The summed E-state index contributed by atoms with van der Waals surface area (Å²) in [6.45, 7) is 7.19. The van der Waals surface area contributed by atoms with Crippen molar-refractivity contribution in [2.45, 2.75) is 19.6 Å². The molecule has 0 fully saturated rings. The average Bonchev–Trinajstić information content (AvgIpc) is 2.45. The van der Waals surface area contributed by atoms with E-state index in [1.54, 1.807) is 4.50 Å². The van der Waals surface area contributed by atoms with Crippen LogP contribution >= 0.6 is 27.3 Å². The van der Waals surface area contributed by atoms with E-state index in [2.05, 4.69) is 59.8 Å². The average molecular weight is 285 g/mol. The molecule has 0 atom stereocenters. The van der Waals surface area contributed by atoms with Gasteiger partial charge in [-0.25, -0.2) is 0 Å². The summed E-state index contributed by atoms with van der Waals surface area (Å²) in [6, 6.07) is 8.88. The fraction of sp³-hybridized carbons (Fsp3) is 0.273. The highest BCUT2D eigenvalue weighted by Crippen LogP contribution is 2.25. The third-order valence-corrected chi connectivity index (χ3v) is 7.39. The Morgan fingerprint density at radius 1 is 1.14 bits per heavy atom. The lowest BCUT2D eigenvalue weighted by atomic mass is 10.3. The zero-order valence-corrected chi connectivity index (χ0v) is 12.0. The maximum atomic E-state index is 3.51. The zero-order chi connectivity index (χ0) is 10.3. The van der Waals surface area contributed by atoms with Crippen LogP contribution in [0.1, 0.15) is 0 Å². The quantitative estimate of drug-likeness (QED) is 0.689. The van der Waals surface area contributed by atoms with Gasteiger partial charge >= 0.3 is 0 Å². The first kappa shape index (κ1) is 10.4. The van der Waals surface area contributed by atoms with E-state index in [-0.39, 0.29) is 0 Å². The van der Waals surface area contributed by atoms with E-state index in [1.165, 1.54) is 14.6 Å². The first-order valence-electron chi connectivity index (χ1n) is 4.66. The molecule has 0 N–H and O–H groups in total. The predicted octanol–water partition coefficient (Wildman–Crippen LogP) is 4.21. The van der Waals surface area contributed by atoms with Gasteiger partial charge in [-0.2, -0.15) is 0 Å². The van der Waals surface area contributed by atoms with Crippen molar-refractivity contribution in [1.29, 1.82) is 0 Å². The molecule has 0 aliphatic rings. The second-order valence-corrected chi connectivity index (χ2v) is 11.9. The Bertz CT molecular complexity index is 468. The molecule has 14 heavy (non-hydrogen) atoms. The number of benzene rings is 1. The Balaban J connectivity index is 2.63. The maximum absolute atomic E-state index is 3.51. The van der Waals surface area contributed by atoms with Gasteiger partial charge in [0.05, 0.1) is 8.07 Å². The summed E-state index contributed by atoms with van der Waals surface area (Å²) in [5, 5.41) is 1.38. The van der Waals surface area contributed by atoms with E-state index < -0.39 is 8.07 Å². The van der Waals surface area contributed by atoms with Gasteiger partial charge in [0.15, 0.2) is 0 Å². The van der Waals surface area contributed by atoms with Crippen LogP contribution in [0.4, 0.5) is 0 Å². The number of thiophene rings is 1. The third-order valence-electron chi connectivity index (χ3n) is 2.22. The summed E-state index contributed by atoms with van der Waals surface area (Å²) >= 11 is 5.46. The maximum Gasteiger partial charge on any atom is 0.0904 e. The fourth-order valence-corrected chi connectivity index (χ4v) is 4.88. The smallest absolute Gasteiger partial charge is 0.0904 e. The Morgan fingerprint density at radius 3 is 2.50 bits per heavy atom. The molecule has 0 amide bonds. The van der Waals surface area contributed by atoms with Gasteiger partial charge in [0.2, 0.25) is 0 Å². The highest BCUT2D eigenvalue weighted by atomic mass is 79.9. The van der Waals surface area contributed by atoms with Crippen molar-refractivity contribution in [3.05, 3.63) is 28.7 Å². The van der Waals surface area contributed by atoms with E-state index in [0.717, 1.165) is 0 Å². The normalized spacial score (nSPS) is 12.3. The molecule has 0 saturated heterocycles. The van der Waals surface area contributed by atoms with Gasteiger partial charge in [0.25, 0.3) is 0 Å². The van der Waals surface area contributed by atoms with Gasteiger partial charge in [-0.3, -0.25) is 0 Å². The van der Waals surface area contributed by atoms with Crippen LogP contribution in [0, 0.1) is 0 Å². The number of fused-ring (bicyclic) bond motifs is 1. The molecule has 74 valence electrons. The molecule has 0 bridgehead atoms. The molecule has 0 nitrogen and oxygen atoms in total. The Morgan fingerprint density at radius 2 is 1.86 bits per heavy atom. The minimum Gasteiger partial charge on any atom is -0.145 e. The monoisotopic (exact) mass is 284 g/mol. The lowest BCUT2D eigenvalue weighted by Crippen LogP contribution is -2.34. The van der Waals surface area contributed by atoms with Crippen LogP contribution in [-0.4, -0.2) is 8.07 Å². The van der Waals surface area contributed by atoms with E-state index >= 15 is 0 Å². The molecule has 2 aromatic rings. The highest BCUT2D eigenvalue weighted by molar-refractivity contribution is 9.10. The van der Waals surface area contributed by atoms with Crippen molar-refractivity contribution < 1.29 is 0 Å². The molecule has 2 rings (SSSR count). The van der Waals surface area contributed by atoms with Gasteiger partial charge in [0, 0.05) is 9.17 Å². The van der Waals surface area contributed by atoms with E-state index in [1.807, 2.05) is 11.3 Å². The van der Waals surface area contributed by atoms with E-state index in [4.69, 9.17) is 0 Å². The number of hydrogen-bond acceptors (Lipinski definition) is 1. The Kier molecular flexibility index (Phi) is 2.58. The minimum absolute atomic E-state index is 1.13. The summed E-state index contributed by atoms with van der Waals surface area (Å²) < 4.78 is 4.16. The summed E-state index contributed by atoms with van der Waals surface area (Å²) in [4.78, 5) is 0. The van der Waals surface area contributed by atoms with Crippen molar-refractivity contribution in [2.24, 2.45) is 0 Å². The summed E-state index contributed by atoms with van der Waals surface area (Å²) in [5.41, 5.74) is 0. The second-order valence-electron chi connectivity index (χ2n) is 4.54. The van der Waals surface area contributed by atoms with Crippen molar-refractivity contribution in [3.8, 4) is 0 Å². The largest absolute Gasteiger partial charge is 0.145 e. The van der Waals surface area contributed by atoms with Crippen molar-refractivity contribution in [2.75, 3.05) is 0 Å². The molecule has 1 heterocycles. The van der Waals surface area contributed by atoms with Crippen LogP contribution in [-0.2, 0) is 0 Å². The molecule has 0 aliphatic carbocycles. The fourth-order valence-electron chi connectivity index (χ4n) is 1.37. The summed E-state index contributed by atoms with van der Waals surface area (Å²) in [6.07, 6.45) is 0. The van der Waals surface area contributed by atoms with Gasteiger partial charge in [-0.1, -0.05) is 41.6 Å². The molecule has 0 spiro atoms. The molecule has 0 radical (unpaired) electrons. The topological polar surface area (TPSA) is 0 Å². The Hall–Kier alpha value is -0.123. The molecule has 0 aliphatic heterocycles. The van der Waals surface area contributed by atoms with Crippen LogP contribution in [0.3, 0.4) is 0 Å². The minimum atomic E-state index is -1.13. The highest BCUT2D eigenvalue weighted by Gasteiger charge is 2.18. The first-order valence-corrected chi connectivity index (χ1v) is 9.77. The number of rotatable bonds is 1.